The zero-order valence-corrected chi connectivity index (χ0v) is 8.83. The Morgan fingerprint density at radius 2 is 2.12 bits per heavy atom. The predicted molar refractivity (Wildman–Crippen MR) is 56.4 cm³/mol. The SMILES string of the molecule is NC1Cc2nc3cc(C(F)(F)F)ccc3n2C1. The Kier molecular flexibility index (Phi) is 2.01. The molecular formula is C11H10F3N3. The van der Waals surface area contributed by atoms with E-state index in [-0.39, 0.29) is 6.04 Å². The van der Waals surface area contributed by atoms with E-state index in [2.05, 4.69) is 4.98 Å². The Hall–Kier alpha value is -1.56. The monoisotopic (exact) mass is 241 g/mol. The molecule has 90 valence electrons. The summed E-state index contributed by atoms with van der Waals surface area (Å²) in [5.41, 5.74) is 6.23. The van der Waals surface area contributed by atoms with Crippen molar-refractivity contribution in [1.82, 2.24) is 9.55 Å². The Balaban J connectivity index is 2.15. The molecule has 1 aliphatic heterocycles. The first-order valence-electron chi connectivity index (χ1n) is 5.27. The largest absolute Gasteiger partial charge is 0.416 e. The summed E-state index contributed by atoms with van der Waals surface area (Å²) in [5, 5.41) is 0. The van der Waals surface area contributed by atoms with Crippen LogP contribution in [0.3, 0.4) is 0 Å². The van der Waals surface area contributed by atoms with Gasteiger partial charge in [0.1, 0.15) is 5.82 Å². The van der Waals surface area contributed by atoms with Crippen molar-refractivity contribution >= 4 is 11.0 Å². The fraction of sp³-hybridized carbons (Fsp3) is 0.364. The van der Waals surface area contributed by atoms with Crippen LogP contribution in [0.25, 0.3) is 11.0 Å². The van der Waals surface area contributed by atoms with Gasteiger partial charge in [-0.25, -0.2) is 4.98 Å². The summed E-state index contributed by atoms with van der Waals surface area (Å²) in [4.78, 5) is 4.20. The lowest BCUT2D eigenvalue weighted by Crippen LogP contribution is -2.20. The molecule has 2 heterocycles. The molecule has 1 aliphatic rings. The van der Waals surface area contributed by atoms with E-state index in [0.29, 0.717) is 18.5 Å². The highest BCUT2D eigenvalue weighted by molar-refractivity contribution is 5.77. The zero-order valence-electron chi connectivity index (χ0n) is 8.83. The normalized spacial score (nSPS) is 19.9. The number of hydrogen-bond donors (Lipinski definition) is 1. The van der Waals surface area contributed by atoms with Gasteiger partial charge in [0, 0.05) is 19.0 Å². The number of halogens is 3. The van der Waals surface area contributed by atoms with Gasteiger partial charge >= 0.3 is 6.18 Å². The maximum atomic E-state index is 12.5. The van der Waals surface area contributed by atoms with E-state index in [9.17, 15) is 13.2 Å². The van der Waals surface area contributed by atoms with Gasteiger partial charge in [-0.3, -0.25) is 0 Å². The standard InChI is InChI=1S/C11H10F3N3/c12-11(13,14)6-1-2-9-8(3-6)16-10-4-7(15)5-17(9)10/h1-3,7H,4-5,15H2. The van der Waals surface area contributed by atoms with Crippen LogP contribution in [0.1, 0.15) is 11.4 Å². The molecule has 0 amide bonds. The molecule has 2 N–H and O–H groups in total. The molecule has 0 spiro atoms. The molecule has 1 aromatic heterocycles. The number of nitrogens with two attached hydrogens (primary N) is 1. The number of aromatic nitrogens is 2. The minimum absolute atomic E-state index is 0.0178. The van der Waals surface area contributed by atoms with Crippen molar-refractivity contribution in [3.05, 3.63) is 29.6 Å². The van der Waals surface area contributed by atoms with Crippen molar-refractivity contribution in [1.29, 1.82) is 0 Å². The summed E-state index contributed by atoms with van der Waals surface area (Å²) in [6, 6.07) is 3.66. The van der Waals surface area contributed by atoms with Crippen LogP contribution in [-0.2, 0) is 19.1 Å². The predicted octanol–water partition coefficient (Wildman–Crippen LogP) is 1.94. The van der Waals surface area contributed by atoms with E-state index in [1.165, 1.54) is 6.07 Å². The van der Waals surface area contributed by atoms with Gasteiger partial charge in [0.25, 0.3) is 0 Å². The van der Waals surface area contributed by atoms with E-state index in [1.807, 2.05) is 4.57 Å². The summed E-state index contributed by atoms with van der Waals surface area (Å²) in [7, 11) is 0. The second kappa shape index (κ2) is 3.22. The van der Waals surface area contributed by atoms with Crippen LogP contribution >= 0.6 is 0 Å². The van der Waals surface area contributed by atoms with Crippen molar-refractivity contribution in [3.8, 4) is 0 Å². The van der Waals surface area contributed by atoms with Gasteiger partial charge < -0.3 is 10.3 Å². The first-order valence-corrected chi connectivity index (χ1v) is 5.27. The fourth-order valence-electron chi connectivity index (χ4n) is 2.25. The Bertz CT molecular complexity index is 585. The second-order valence-corrected chi connectivity index (χ2v) is 4.30. The number of rotatable bonds is 0. The minimum Gasteiger partial charge on any atom is -0.326 e. The molecule has 0 bridgehead atoms. The third-order valence-electron chi connectivity index (χ3n) is 3.02. The molecule has 17 heavy (non-hydrogen) atoms. The molecule has 3 nitrogen and oxygen atoms in total. The summed E-state index contributed by atoms with van der Waals surface area (Å²) >= 11 is 0. The molecular weight excluding hydrogens is 231 g/mol. The quantitative estimate of drug-likeness (QED) is 0.766. The van der Waals surface area contributed by atoms with Crippen molar-refractivity contribution < 1.29 is 13.2 Å². The maximum absolute atomic E-state index is 12.5. The minimum atomic E-state index is -4.32. The summed E-state index contributed by atoms with van der Waals surface area (Å²) in [5.74, 6) is 0.770. The zero-order chi connectivity index (χ0) is 12.2. The highest BCUT2D eigenvalue weighted by atomic mass is 19.4. The second-order valence-electron chi connectivity index (χ2n) is 4.30. The number of hydrogen-bond acceptors (Lipinski definition) is 2. The van der Waals surface area contributed by atoms with Gasteiger partial charge in [-0.15, -0.1) is 0 Å². The van der Waals surface area contributed by atoms with Gasteiger partial charge in [0.15, 0.2) is 0 Å². The Morgan fingerprint density at radius 3 is 2.82 bits per heavy atom. The van der Waals surface area contributed by atoms with Crippen LogP contribution in [0.4, 0.5) is 13.2 Å². The lowest BCUT2D eigenvalue weighted by molar-refractivity contribution is -0.137. The van der Waals surface area contributed by atoms with Crippen LogP contribution in [-0.4, -0.2) is 15.6 Å². The summed E-state index contributed by atoms with van der Waals surface area (Å²) < 4.78 is 39.5. The third kappa shape index (κ3) is 1.59. The van der Waals surface area contributed by atoms with Crippen molar-refractivity contribution in [2.45, 2.75) is 25.2 Å². The topological polar surface area (TPSA) is 43.8 Å². The fourth-order valence-corrected chi connectivity index (χ4v) is 2.25. The Morgan fingerprint density at radius 1 is 1.35 bits per heavy atom. The molecule has 6 heteroatoms. The smallest absolute Gasteiger partial charge is 0.326 e. The average Bonchev–Trinajstić information content (AvgIpc) is 2.71. The Labute approximate surface area is 95.0 Å². The molecule has 0 saturated carbocycles. The third-order valence-corrected chi connectivity index (χ3v) is 3.02. The molecule has 0 saturated heterocycles. The lowest BCUT2D eigenvalue weighted by atomic mass is 10.2. The van der Waals surface area contributed by atoms with E-state index < -0.39 is 11.7 Å². The van der Waals surface area contributed by atoms with E-state index in [1.54, 1.807) is 0 Å². The maximum Gasteiger partial charge on any atom is 0.416 e. The van der Waals surface area contributed by atoms with Crippen molar-refractivity contribution in [2.24, 2.45) is 5.73 Å². The van der Waals surface area contributed by atoms with Gasteiger partial charge in [0.2, 0.25) is 0 Å². The molecule has 1 aromatic carbocycles. The first kappa shape index (κ1) is 10.6. The number of alkyl halides is 3. The highest BCUT2D eigenvalue weighted by Gasteiger charge is 2.31. The van der Waals surface area contributed by atoms with Crippen LogP contribution in [0.15, 0.2) is 18.2 Å². The number of nitrogens with zero attached hydrogens (tertiary/aromatic N) is 2. The summed E-state index contributed by atoms with van der Waals surface area (Å²) in [6.45, 7) is 0.622. The first-order chi connectivity index (χ1) is 7.95. The average molecular weight is 241 g/mol. The summed E-state index contributed by atoms with van der Waals surface area (Å²) in [6.07, 6.45) is -3.70. The van der Waals surface area contributed by atoms with E-state index in [0.717, 1.165) is 23.5 Å². The van der Waals surface area contributed by atoms with Gasteiger partial charge in [-0.2, -0.15) is 13.2 Å². The molecule has 0 fully saturated rings. The molecule has 0 radical (unpaired) electrons. The molecule has 1 atom stereocenters. The molecule has 0 aliphatic carbocycles. The number of benzene rings is 1. The van der Waals surface area contributed by atoms with Crippen molar-refractivity contribution in [3.63, 3.8) is 0 Å². The van der Waals surface area contributed by atoms with Crippen LogP contribution < -0.4 is 5.73 Å². The highest BCUT2D eigenvalue weighted by Crippen LogP contribution is 2.32. The van der Waals surface area contributed by atoms with Gasteiger partial charge in [-0.05, 0) is 18.2 Å². The molecule has 1 unspecified atom stereocenters. The number of fused-ring (bicyclic) bond motifs is 3. The van der Waals surface area contributed by atoms with Crippen LogP contribution in [0.2, 0.25) is 0 Å². The van der Waals surface area contributed by atoms with Gasteiger partial charge in [-0.1, -0.05) is 0 Å². The van der Waals surface area contributed by atoms with E-state index in [4.69, 9.17) is 5.73 Å². The van der Waals surface area contributed by atoms with Crippen LogP contribution in [0, 0.1) is 0 Å². The van der Waals surface area contributed by atoms with Crippen LogP contribution in [0.5, 0.6) is 0 Å². The number of imidazole rings is 1. The van der Waals surface area contributed by atoms with Crippen molar-refractivity contribution in [2.75, 3.05) is 0 Å². The molecule has 2 aromatic rings. The lowest BCUT2D eigenvalue weighted by Gasteiger charge is -2.07. The molecule has 3 rings (SSSR count). The van der Waals surface area contributed by atoms with E-state index >= 15 is 0 Å². The van der Waals surface area contributed by atoms with Gasteiger partial charge in [0.05, 0.1) is 16.6 Å².